The van der Waals surface area contributed by atoms with Gasteiger partial charge in [-0.05, 0) is 112 Å². The highest BCUT2D eigenvalue weighted by Crippen LogP contribution is 2.36. The number of benzene rings is 3. The highest BCUT2D eigenvalue weighted by atomic mass is 79.9. The molecule has 0 radical (unpaired) electrons. The Morgan fingerprint density at radius 1 is 0.938 bits per heavy atom. The molecule has 1 unspecified atom stereocenters. The number of halogens is 3. The second kappa shape index (κ2) is 14.7. The molecule has 0 aromatic heterocycles. The van der Waals surface area contributed by atoms with Crippen molar-refractivity contribution in [3.63, 3.8) is 0 Å². The minimum Gasteiger partial charge on any atom is -0.490 e. The van der Waals surface area contributed by atoms with Crippen LogP contribution in [0.4, 0.5) is 13.6 Å². The zero-order valence-electron chi connectivity index (χ0n) is 27.3. The van der Waals surface area contributed by atoms with E-state index in [1.54, 1.807) is 39.0 Å². The van der Waals surface area contributed by atoms with Crippen LogP contribution in [0.1, 0.15) is 64.9 Å². The van der Waals surface area contributed by atoms with E-state index in [1.165, 1.54) is 29.2 Å². The maximum atomic E-state index is 16.2. The fourth-order valence-electron chi connectivity index (χ4n) is 6.06. The van der Waals surface area contributed by atoms with E-state index in [4.69, 9.17) is 9.47 Å². The molecule has 260 valence electrons. The lowest BCUT2D eigenvalue weighted by Crippen LogP contribution is -2.57. The van der Waals surface area contributed by atoms with Crippen LogP contribution in [0.15, 0.2) is 70.0 Å². The van der Waals surface area contributed by atoms with Crippen LogP contribution in [0.25, 0.3) is 10.8 Å². The van der Waals surface area contributed by atoms with Crippen LogP contribution in [-0.2, 0) is 25.5 Å². The number of likely N-dealkylation sites (tertiary alicyclic amines) is 1. The summed E-state index contributed by atoms with van der Waals surface area (Å²) in [5.74, 6) is -4.24. The smallest absolute Gasteiger partial charge is 0.407 e. The van der Waals surface area contributed by atoms with Gasteiger partial charge in [0.1, 0.15) is 11.4 Å². The Morgan fingerprint density at radius 3 is 2.21 bits per heavy atom. The summed E-state index contributed by atoms with van der Waals surface area (Å²) in [5, 5.41) is 4.04. The van der Waals surface area contributed by atoms with Crippen molar-refractivity contribution >= 4 is 48.7 Å². The van der Waals surface area contributed by atoms with E-state index in [9.17, 15) is 18.0 Å². The molecule has 1 aliphatic heterocycles. The third kappa shape index (κ3) is 9.03. The number of carbonyl (C=O) groups is 2. The number of nitrogens with one attached hydrogen (secondary N) is 2. The van der Waals surface area contributed by atoms with Gasteiger partial charge in [-0.15, -0.1) is 0 Å². The van der Waals surface area contributed by atoms with E-state index in [1.807, 2.05) is 6.07 Å². The Balaban J connectivity index is 1.33. The Labute approximate surface area is 288 Å². The van der Waals surface area contributed by atoms with Crippen molar-refractivity contribution in [2.45, 2.75) is 87.9 Å². The number of alkyl carbamates (subject to hydrolysis) is 1. The molecule has 48 heavy (non-hydrogen) atoms. The molecule has 3 aromatic rings. The molecule has 2 amide bonds. The van der Waals surface area contributed by atoms with Crippen LogP contribution in [0, 0.1) is 5.92 Å². The van der Waals surface area contributed by atoms with Crippen molar-refractivity contribution < 1.29 is 36.3 Å². The maximum Gasteiger partial charge on any atom is 0.407 e. The largest absolute Gasteiger partial charge is 0.490 e. The predicted molar refractivity (Wildman–Crippen MR) is 183 cm³/mol. The number of nitrogens with zero attached hydrogens (tertiary/aromatic N) is 1. The average molecular weight is 751 g/mol. The van der Waals surface area contributed by atoms with E-state index in [0.29, 0.717) is 35.0 Å². The van der Waals surface area contributed by atoms with Gasteiger partial charge in [-0.1, -0.05) is 40.2 Å². The Bertz CT molecular complexity index is 1720. The number of ether oxygens (including phenoxy) is 2. The molecule has 1 heterocycles. The molecule has 5 rings (SSSR count). The Hall–Kier alpha value is -3.29. The molecule has 1 atom stereocenters. The van der Waals surface area contributed by atoms with E-state index in [0.717, 1.165) is 43.2 Å². The lowest BCUT2D eigenvalue weighted by molar-refractivity contribution is -0.145. The fourth-order valence-corrected chi connectivity index (χ4v) is 7.55. The van der Waals surface area contributed by atoms with Gasteiger partial charge in [0.25, 0.3) is 5.92 Å². The van der Waals surface area contributed by atoms with Crippen molar-refractivity contribution in [2.75, 3.05) is 19.6 Å². The second-order valence-corrected chi connectivity index (χ2v) is 16.2. The van der Waals surface area contributed by atoms with E-state index in [-0.39, 0.29) is 30.0 Å². The lowest BCUT2D eigenvalue weighted by Gasteiger charge is -2.36. The summed E-state index contributed by atoms with van der Waals surface area (Å²) in [6.45, 7) is 5.82. The highest BCUT2D eigenvalue weighted by Gasteiger charge is 2.50. The van der Waals surface area contributed by atoms with Crippen LogP contribution in [0.2, 0.25) is 0 Å². The number of alkyl halides is 2. The maximum absolute atomic E-state index is 16.2. The summed E-state index contributed by atoms with van der Waals surface area (Å²) in [7, 11) is -4.59. The second-order valence-electron chi connectivity index (χ2n) is 13.5. The van der Waals surface area contributed by atoms with Gasteiger partial charge >= 0.3 is 6.09 Å². The summed E-state index contributed by atoms with van der Waals surface area (Å²) in [4.78, 5) is 26.9. The summed E-state index contributed by atoms with van der Waals surface area (Å²) in [6, 6.07) is 12.4. The highest BCUT2D eigenvalue weighted by molar-refractivity contribution is 9.10. The first-order valence-electron chi connectivity index (χ1n) is 16.2. The van der Waals surface area contributed by atoms with Crippen LogP contribution >= 0.6 is 15.9 Å². The molecule has 2 fully saturated rings. The molecule has 13 heteroatoms. The molecule has 9 nitrogen and oxygen atoms in total. The average Bonchev–Trinajstić information content (AvgIpc) is 3.55. The van der Waals surface area contributed by atoms with Crippen LogP contribution in [0.3, 0.4) is 0 Å². The van der Waals surface area contributed by atoms with Gasteiger partial charge < -0.3 is 19.7 Å². The molecule has 2 aliphatic rings. The van der Waals surface area contributed by atoms with Gasteiger partial charge in [0, 0.05) is 29.7 Å². The van der Waals surface area contributed by atoms with Crippen molar-refractivity contribution in [2.24, 2.45) is 5.92 Å². The number of carbonyl (C=O) groups excluding carboxylic acids is 2. The molecule has 1 saturated carbocycles. The first-order chi connectivity index (χ1) is 22.6. The van der Waals surface area contributed by atoms with Gasteiger partial charge in [-0.25, -0.2) is 13.2 Å². The van der Waals surface area contributed by atoms with E-state index in [2.05, 4.69) is 26.0 Å². The fraction of sp³-hybridized carbons (Fsp3) is 0.486. The molecule has 1 saturated heterocycles. The topological polar surface area (TPSA) is 114 Å². The first-order valence-corrected chi connectivity index (χ1v) is 18.5. The molecular weight excluding hydrogens is 708 g/mol. The number of hydrogen-bond donors (Lipinski definition) is 2. The normalized spacial score (nSPS) is 17.3. The third-order valence-corrected chi connectivity index (χ3v) is 10.6. The van der Waals surface area contributed by atoms with Gasteiger partial charge in [0.05, 0.1) is 11.0 Å². The van der Waals surface area contributed by atoms with Crippen LogP contribution in [0.5, 0.6) is 5.75 Å². The zero-order chi connectivity index (χ0) is 34.7. The predicted octanol–water partition coefficient (Wildman–Crippen LogP) is 7.13. The lowest BCUT2D eigenvalue weighted by atomic mass is 9.95. The SMILES string of the molecule is CC(C)(C)OC(=O)NCC1CCN(C(=O)C(NS(=O)(=O)c2ccc3cc(OC4CCCC4)ccc3c2)C(F)(F)c2ccc(Br)cc2)CC1. The summed E-state index contributed by atoms with van der Waals surface area (Å²) < 4.78 is 73.8. The van der Waals surface area contributed by atoms with E-state index < -0.39 is 45.2 Å². The minimum absolute atomic E-state index is 0.00891. The number of piperidine rings is 1. The summed E-state index contributed by atoms with van der Waals surface area (Å²) in [6.07, 6.45) is 4.71. The van der Waals surface area contributed by atoms with Gasteiger partial charge in [-0.2, -0.15) is 13.5 Å². The first kappa shape index (κ1) is 36.0. The number of rotatable bonds is 10. The summed E-state index contributed by atoms with van der Waals surface area (Å²) in [5.41, 5.74) is -1.15. The molecular formula is C35H42BrF2N3O6S. The quantitative estimate of drug-likeness (QED) is 0.228. The molecule has 1 aliphatic carbocycles. The Kier molecular flexibility index (Phi) is 11.0. The molecule has 3 aromatic carbocycles. The number of amides is 2. The number of fused-ring (bicyclic) bond motifs is 1. The number of sulfonamides is 1. The Morgan fingerprint density at radius 2 is 1.56 bits per heavy atom. The van der Waals surface area contributed by atoms with Gasteiger partial charge in [-0.3, -0.25) is 4.79 Å². The van der Waals surface area contributed by atoms with Crippen molar-refractivity contribution in [3.8, 4) is 5.75 Å². The molecule has 2 N–H and O–H groups in total. The number of hydrogen-bond acceptors (Lipinski definition) is 6. The van der Waals surface area contributed by atoms with Crippen molar-refractivity contribution in [1.29, 1.82) is 0 Å². The molecule has 0 spiro atoms. The van der Waals surface area contributed by atoms with Gasteiger partial charge in [0.15, 0.2) is 6.04 Å². The van der Waals surface area contributed by atoms with E-state index >= 15 is 8.78 Å². The molecule has 0 bridgehead atoms. The van der Waals surface area contributed by atoms with Crippen LogP contribution in [-0.4, -0.2) is 62.7 Å². The zero-order valence-corrected chi connectivity index (χ0v) is 29.7. The summed E-state index contributed by atoms with van der Waals surface area (Å²) >= 11 is 3.23. The monoisotopic (exact) mass is 749 g/mol. The minimum atomic E-state index is -4.59. The van der Waals surface area contributed by atoms with Crippen molar-refractivity contribution in [3.05, 3.63) is 70.7 Å². The van der Waals surface area contributed by atoms with Gasteiger partial charge in [0.2, 0.25) is 15.9 Å². The third-order valence-electron chi connectivity index (χ3n) is 8.67. The van der Waals surface area contributed by atoms with Crippen molar-refractivity contribution in [1.82, 2.24) is 14.9 Å². The standard InChI is InChI=1S/C35H42BrF2N3O6S/c1-34(2,3)47-33(43)39-22-23-16-18-41(19-17-23)32(42)31(35(37,38)26-10-12-27(36)13-11-26)40-48(44,45)30-15-9-24-20-29(14-8-25(24)21-30)46-28-6-4-5-7-28/h8-15,20-21,23,28,31,40H,4-7,16-19,22H2,1-3H3,(H,39,43). The van der Waals surface area contributed by atoms with Crippen LogP contribution < -0.4 is 14.8 Å².